The quantitative estimate of drug-likeness (QED) is 0.817. The van der Waals surface area contributed by atoms with Gasteiger partial charge in [-0.25, -0.2) is 0 Å². The molecule has 5 nitrogen and oxygen atoms in total. The molecule has 0 aliphatic carbocycles. The van der Waals surface area contributed by atoms with Crippen molar-refractivity contribution < 1.29 is 9.53 Å². The number of amides is 1. The van der Waals surface area contributed by atoms with Crippen LogP contribution in [-0.2, 0) is 11.3 Å². The van der Waals surface area contributed by atoms with Gasteiger partial charge in [-0.15, -0.1) is 0 Å². The molecule has 0 bridgehead atoms. The van der Waals surface area contributed by atoms with E-state index in [1.54, 1.807) is 0 Å². The number of hydrogen-bond acceptors (Lipinski definition) is 4. The molecule has 2 rings (SSSR count). The van der Waals surface area contributed by atoms with E-state index in [2.05, 4.69) is 30.8 Å². The van der Waals surface area contributed by atoms with Crippen molar-refractivity contribution >= 4 is 17.5 Å². The summed E-state index contributed by atoms with van der Waals surface area (Å²) >= 11 is 6.23. The molecule has 1 saturated heterocycles. The molecule has 6 heteroatoms. The largest absolute Gasteiger partial charge is 0.482 e. The molecular weight excluding hydrogens is 326 g/mol. The Morgan fingerprint density at radius 1 is 1.42 bits per heavy atom. The van der Waals surface area contributed by atoms with Gasteiger partial charge in [0.15, 0.2) is 6.61 Å². The second-order valence-electron chi connectivity index (χ2n) is 6.84. The molecule has 1 aliphatic rings. The summed E-state index contributed by atoms with van der Waals surface area (Å²) < 4.78 is 5.28. The Bertz CT molecular complexity index is 557. The van der Waals surface area contributed by atoms with Crippen molar-refractivity contribution in [1.29, 1.82) is 0 Å². The van der Waals surface area contributed by atoms with Crippen molar-refractivity contribution in [3.63, 3.8) is 0 Å². The summed E-state index contributed by atoms with van der Waals surface area (Å²) in [6.07, 6.45) is 2.46. The minimum Gasteiger partial charge on any atom is -0.482 e. The summed E-state index contributed by atoms with van der Waals surface area (Å²) in [5.41, 5.74) is 6.24. The molecular formula is C18H28ClN3O2. The Hall–Kier alpha value is -1.30. The number of benzene rings is 1. The van der Waals surface area contributed by atoms with Crippen LogP contribution in [0.25, 0.3) is 0 Å². The Kier molecular flexibility index (Phi) is 6.90. The highest BCUT2D eigenvalue weighted by Gasteiger charge is 2.24. The Morgan fingerprint density at radius 3 is 2.62 bits per heavy atom. The molecule has 1 fully saturated rings. The van der Waals surface area contributed by atoms with Gasteiger partial charge in [0.2, 0.25) is 0 Å². The third-order valence-electron chi connectivity index (χ3n) is 4.90. The summed E-state index contributed by atoms with van der Waals surface area (Å²) in [6, 6.07) is 6.34. The zero-order chi connectivity index (χ0) is 17.7. The molecule has 134 valence electrons. The van der Waals surface area contributed by atoms with Crippen molar-refractivity contribution in [3.05, 3.63) is 28.8 Å². The fraction of sp³-hybridized carbons (Fsp3) is 0.611. The lowest BCUT2D eigenvalue weighted by Gasteiger charge is -2.37. The van der Waals surface area contributed by atoms with E-state index in [0.29, 0.717) is 16.8 Å². The van der Waals surface area contributed by atoms with Gasteiger partial charge in [-0.2, -0.15) is 0 Å². The molecule has 1 aromatic carbocycles. The van der Waals surface area contributed by atoms with E-state index in [4.69, 9.17) is 22.1 Å². The predicted molar refractivity (Wildman–Crippen MR) is 97.3 cm³/mol. The fourth-order valence-electron chi connectivity index (χ4n) is 3.18. The number of nitrogens with two attached hydrogens (primary N) is 1. The van der Waals surface area contributed by atoms with Crippen LogP contribution in [0.2, 0.25) is 5.02 Å². The van der Waals surface area contributed by atoms with Crippen molar-refractivity contribution in [1.82, 2.24) is 9.80 Å². The van der Waals surface area contributed by atoms with Crippen LogP contribution < -0.4 is 10.5 Å². The van der Waals surface area contributed by atoms with Gasteiger partial charge in [0.05, 0.1) is 5.02 Å². The maximum absolute atomic E-state index is 10.8. The van der Waals surface area contributed by atoms with Crippen LogP contribution in [0.3, 0.4) is 0 Å². The van der Waals surface area contributed by atoms with Crippen LogP contribution in [0.4, 0.5) is 0 Å². The topological polar surface area (TPSA) is 58.8 Å². The number of carbonyl (C=O) groups is 1. The van der Waals surface area contributed by atoms with Gasteiger partial charge < -0.3 is 15.4 Å². The predicted octanol–water partition coefficient (Wildman–Crippen LogP) is 2.37. The third-order valence-corrected chi connectivity index (χ3v) is 5.20. The fourth-order valence-corrected chi connectivity index (χ4v) is 3.44. The molecule has 24 heavy (non-hydrogen) atoms. The first-order valence-corrected chi connectivity index (χ1v) is 8.83. The van der Waals surface area contributed by atoms with Gasteiger partial charge >= 0.3 is 0 Å². The first kappa shape index (κ1) is 19.0. The molecule has 0 unspecified atom stereocenters. The Labute approximate surface area is 149 Å². The zero-order valence-electron chi connectivity index (χ0n) is 14.8. The average Bonchev–Trinajstić information content (AvgIpc) is 2.54. The maximum Gasteiger partial charge on any atom is 0.255 e. The number of likely N-dealkylation sites (tertiary alicyclic amines) is 1. The first-order chi connectivity index (χ1) is 11.4. The number of carbonyl (C=O) groups excluding carboxylic acids is 1. The second kappa shape index (κ2) is 8.70. The van der Waals surface area contributed by atoms with Crippen LogP contribution in [0.15, 0.2) is 18.2 Å². The van der Waals surface area contributed by atoms with E-state index in [-0.39, 0.29) is 6.61 Å². The van der Waals surface area contributed by atoms with Crippen molar-refractivity contribution in [2.24, 2.45) is 11.7 Å². The highest BCUT2D eigenvalue weighted by molar-refractivity contribution is 6.32. The summed E-state index contributed by atoms with van der Waals surface area (Å²) in [7, 11) is 4.31. The van der Waals surface area contributed by atoms with Gasteiger partial charge in [0.25, 0.3) is 5.91 Å². The molecule has 2 N–H and O–H groups in total. The molecule has 0 spiro atoms. The normalized spacial score (nSPS) is 17.9. The standard InChI is InChI=1S/C18H28ClN3O2/c1-13(21(2)3)15-6-8-22(9-7-15)11-14-4-5-17(16(19)10-14)24-12-18(20)23/h4-5,10,13,15H,6-9,11-12H2,1-3H3,(H2,20,23)/t13-/m0/s1. The van der Waals surface area contributed by atoms with E-state index in [0.717, 1.165) is 31.1 Å². The highest BCUT2D eigenvalue weighted by atomic mass is 35.5. The molecule has 0 radical (unpaired) electrons. The third kappa shape index (κ3) is 5.36. The monoisotopic (exact) mass is 353 g/mol. The number of hydrogen-bond donors (Lipinski definition) is 1. The maximum atomic E-state index is 10.8. The molecule has 1 aromatic rings. The number of halogens is 1. The summed E-state index contributed by atoms with van der Waals surface area (Å²) in [5, 5.41) is 0.518. The molecule has 0 aromatic heterocycles. The Morgan fingerprint density at radius 2 is 2.08 bits per heavy atom. The Balaban J connectivity index is 1.86. The first-order valence-electron chi connectivity index (χ1n) is 8.45. The van der Waals surface area contributed by atoms with Gasteiger partial charge in [-0.1, -0.05) is 17.7 Å². The number of rotatable bonds is 7. The van der Waals surface area contributed by atoms with Crippen LogP contribution in [-0.4, -0.2) is 55.5 Å². The van der Waals surface area contributed by atoms with Crippen LogP contribution in [0, 0.1) is 5.92 Å². The molecule has 1 atom stereocenters. The molecule has 1 amide bonds. The number of piperidine rings is 1. The summed E-state index contributed by atoms with van der Waals surface area (Å²) in [6.45, 7) is 5.27. The van der Waals surface area contributed by atoms with Crippen LogP contribution in [0.5, 0.6) is 5.75 Å². The number of ether oxygens (including phenoxy) is 1. The van der Waals surface area contributed by atoms with E-state index >= 15 is 0 Å². The van der Waals surface area contributed by atoms with E-state index in [1.807, 2.05) is 18.2 Å². The van der Waals surface area contributed by atoms with Gasteiger partial charge in [0, 0.05) is 12.6 Å². The smallest absolute Gasteiger partial charge is 0.255 e. The molecule has 0 saturated carbocycles. The molecule has 1 aliphatic heterocycles. The van der Waals surface area contributed by atoms with Crippen LogP contribution in [0.1, 0.15) is 25.3 Å². The SMILES string of the molecule is C[C@@H](C1CCN(Cc2ccc(OCC(N)=O)c(Cl)c2)CC1)N(C)C. The minimum atomic E-state index is -0.509. The minimum absolute atomic E-state index is 0.156. The van der Waals surface area contributed by atoms with Crippen LogP contribution >= 0.6 is 11.6 Å². The van der Waals surface area contributed by atoms with E-state index < -0.39 is 5.91 Å². The zero-order valence-corrected chi connectivity index (χ0v) is 15.6. The van der Waals surface area contributed by atoms with E-state index in [1.165, 1.54) is 12.8 Å². The van der Waals surface area contributed by atoms with Crippen molar-refractivity contribution in [2.45, 2.75) is 32.4 Å². The van der Waals surface area contributed by atoms with Gasteiger partial charge in [-0.3, -0.25) is 9.69 Å². The van der Waals surface area contributed by atoms with E-state index in [9.17, 15) is 4.79 Å². The highest BCUT2D eigenvalue weighted by Crippen LogP contribution is 2.28. The van der Waals surface area contributed by atoms with Crippen molar-refractivity contribution in [2.75, 3.05) is 33.8 Å². The van der Waals surface area contributed by atoms with Gasteiger partial charge in [0.1, 0.15) is 5.75 Å². The summed E-state index contributed by atoms with van der Waals surface area (Å²) in [4.78, 5) is 15.6. The molecule has 1 heterocycles. The average molecular weight is 354 g/mol. The van der Waals surface area contributed by atoms with Crippen molar-refractivity contribution in [3.8, 4) is 5.75 Å². The van der Waals surface area contributed by atoms with Gasteiger partial charge in [-0.05, 0) is 70.6 Å². The second-order valence-corrected chi connectivity index (χ2v) is 7.24. The summed E-state index contributed by atoms with van der Waals surface area (Å²) in [5.74, 6) is 0.757. The lowest BCUT2D eigenvalue weighted by atomic mass is 9.89. The number of nitrogens with zero attached hydrogens (tertiary/aromatic N) is 2. The lowest BCUT2D eigenvalue weighted by molar-refractivity contribution is -0.119. The number of primary amides is 1. The lowest BCUT2D eigenvalue weighted by Crippen LogP contribution is -2.41.